The lowest BCUT2D eigenvalue weighted by atomic mass is 10.1. The number of hydrogen-bond donors (Lipinski definition) is 0. The Labute approximate surface area is 95.3 Å². The number of hydrogen-bond acceptors (Lipinski definition) is 2. The molecule has 2 nitrogen and oxygen atoms in total. The summed E-state index contributed by atoms with van der Waals surface area (Å²) in [5.41, 5.74) is 0. The van der Waals surface area contributed by atoms with E-state index in [-0.39, 0.29) is 0 Å². The second kappa shape index (κ2) is 12.0. The van der Waals surface area contributed by atoms with Crippen LogP contribution in [0.1, 0.15) is 59.3 Å². The topological polar surface area (TPSA) is 18.5 Å². The molecule has 0 N–H and O–H groups in total. The molecular weight excluding hydrogens is 188 g/mol. The summed E-state index contributed by atoms with van der Waals surface area (Å²) in [7, 11) is 0. The SMILES string of the molecule is CCCOC(CCC)CCCCOCC. The quantitative estimate of drug-likeness (QED) is 0.489. The van der Waals surface area contributed by atoms with Crippen LogP contribution in [-0.4, -0.2) is 25.9 Å². The first-order valence-electron chi connectivity index (χ1n) is 6.54. The zero-order chi connectivity index (χ0) is 11.4. The average Bonchev–Trinajstić information content (AvgIpc) is 2.25. The summed E-state index contributed by atoms with van der Waals surface area (Å²) >= 11 is 0. The van der Waals surface area contributed by atoms with Crippen LogP contribution in [0, 0.1) is 0 Å². The second-order valence-electron chi connectivity index (χ2n) is 3.97. The van der Waals surface area contributed by atoms with Gasteiger partial charge in [0.2, 0.25) is 0 Å². The molecule has 0 aliphatic heterocycles. The van der Waals surface area contributed by atoms with E-state index < -0.39 is 0 Å². The van der Waals surface area contributed by atoms with Crippen molar-refractivity contribution in [2.24, 2.45) is 0 Å². The smallest absolute Gasteiger partial charge is 0.0575 e. The fourth-order valence-corrected chi connectivity index (χ4v) is 1.64. The summed E-state index contributed by atoms with van der Waals surface area (Å²) in [6.45, 7) is 9.09. The Hall–Kier alpha value is -0.0800. The monoisotopic (exact) mass is 216 g/mol. The third-order valence-electron chi connectivity index (χ3n) is 2.44. The first kappa shape index (κ1) is 14.9. The molecule has 92 valence electrons. The van der Waals surface area contributed by atoms with E-state index in [2.05, 4.69) is 13.8 Å². The van der Waals surface area contributed by atoms with Gasteiger partial charge in [-0.05, 0) is 39.0 Å². The van der Waals surface area contributed by atoms with Crippen LogP contribution >= 0.6 is 0 Å². The molecular formula is C13H28O2. The summed E-state index contributed by atoms with van der Waals surface area (Å²) in [5.74, 6) is 0. The average molecular weight is 216 g/mol. The molecule has 0 aromatic rings. The lowest BCUT2D eigenvalue weighted by Crippen LogP contribution is -2.13. The zero-order valence-electron chi connectivity index (χ0n) is 10.8. The van der Waals surface area contributed by atoms with Crippen LogP contribution in [-0.2, 0) is 9.47 Å². The fourth-order valence-electron chi connectivity index (χ4n) is 1.64. The molecule has 2 heteroatoms. The van der Waals surface area contributed by atoms with Gasteiger partial charge in [0, 0.05) is 19.8 Å². The van der Waals surface area contributed by atoms with Gasteiger partial charge in [0.1, 0.15) is 0 Å². The number of rotatable bonds is 11. The summed E-state index contributed by atoms with van der Waals surface area (Å²) in [6.07, 6.45) is 7.63. The van der Waals surface area contributed by atoms with Crippen molar-refractivity contribution in [3.63, 3.8) is 0 Å². The van der Waals surface area contributed by atoms with Gasteiger partial charge in [0.25, 0.3) is 0 Å². The predicted octanol–water partition coefficient (Wildman–Crippen LogP) is 3.79. The summed E-state index contributed by atoms with van der Waals surface area (Å²) < 4.78 is 11.1. The van der Waals surface area contributed by atoms with E-state index in [1.54, 1.807) is 0 Å². The van der Waals surface area contributed by atoms with E-state index in [0.717, 1.165) is 26.2 Å². The standard InChI is InChI=1S/C13H28O2/c1-4-9-13(15-11-5-2)10-7-8-12-14-6-3/h13H,4-12H2,1-3H3. The molecule has 0 bridgehead atoms. The van der Waals surface area contributed by atoms with Gasteiger partial charge in [-0.2, -0.15) is 0 Å². The molecule has 0 amide bonds. The van der Waals surface area contributed by atoms with Gasteiger partial charge in [-0.1, -0.05) is 20.3 Å². The van der Waals surface area contributed by atoms with Crippen LogP contribution in [0.25, 0.3) is 0 Å². The van der Waals surface area contributed by atoms with Gasteiger partial charge in [-0.15, -0.1) is 0 Å². The minimum Gasteiger partial charge on any atom is -0.382 e. The predicted molar refractivity (Wildman–Crippen MR) is 65.3 cm³/mol. The van der Waals surface area contributed by atoms with E-state index in [1.807, 2.05) is 6.92 Å². The van der Waals surface area contributed by atoms with E-state index in [4.69, 9.17) is 9.47 Å². The molecule has 0 saturated carbocycles. The van der Waals surface area contributed by atoms with Gasteiger partial charge in [0.05, 0.1) is 6.10 Å². The van der Waals surface area contributed by atoms with Crippen LogP contribution < -0.4 is 0 Å². The molecule has 0 aromatic heterocycles. The summed E-state index contributed by atoms with van der Waals surface area (Å²) in [4.78, 5) is 0. The molecule has 0 heterocycles. The van der Waals surface area contributed by atoms with Crippen molar-refractivity contribution in [3.8, 4) is 0 Å². The van der Waals surface area contributed by atoms with Gasteiger partial charge >= 0.3 is 0 Å². The fraction of sp³-hybridized carbons (Fsp3) is 1.00. The minimum atomic E-state index is 0.483. The molecule has 0 rings (SSSR count). The van der Waals surface area contributed by atoms with Crippen molar-refractivity contribution in [2.45, 2.75) is 65.4 Å². The maximum atomic E-state index is 5.80. The lowest BCUT2D eigenvalue weighted by molar-refractivity contribution is 0.0379. The van der Waals surface area contributed by atoms with Crippen molar-refractivity contribution in [1.29, 1.82) is 0 Å². The first-order valence-corrected chi connectivity index (χ1v) is 6.54. The summed E-state index contributed by atoms with van der Waals surface area (Å²) in [6, 6.07) is 0. The Morgan fingerprint density at radius 1 is 0.867 bits per heavy atom. The normalized spacial score (nSPS) is 13.0. The minimum absolute atomic E-state index is 0.483. The molecule has 0 aliphatic carbocycles. The van der Waals surface area contributed by atoms with Gasteiger partial charge in [-0.25, -0.2) is 0 Å². The van der Waals surface area contributed by atoms with Crippen molar-refractivity contribution < 1.29 is 9.47 Å². The van der Waals surface area contributed by atoms with Crippen LogP contribution in [0.15, 0.2) is 0 Å². The maximum Gasteiger partial charge on any atom is 0.0575 e. The van der Waals surface area contributed by atoms with Crippen molar-refractivity contribution in [3.05, 3.63) is 0 Å². The molecule has 0 aliphatic rings. The lowest BCUT2D eigenvalue weighted by Gasteiger charge is -2.16. The molecule has 0 radical (unpaired) electrons. The largest absolute Gasteiger partial charge is 0.382 e. The second-order valence-corrected chi connectivity index (χ2v) is 3.97. The van der Waals surface area contributed by atoms with Crippen LogP contribution in [0.3, 0.4) is 0 Å². The Kier molecular flexibility index (Phi) is 11.9. The Bertz CT molecular complexity index is 115. The van der Waals surface area contributed by atoms with E-state index >= 15 is 0 Å². The van der Waals surface area contributed by atoms with Crippen molar-refractivity contribution in [1.82, 2.24) is 0 Å². The molecule has 0 spiro atoms. The highest BCUT2D eigenvalue weighted by atomic mass is 16.5. The maximum absolute atomic E-state index is 5.80. The Morgan fingerprint density at radius 3 is 2.27 bits per heavy atom. The third kappa shape index (κ3) is 10.2. The van der Waals surface area contributed by atoms with Crippen molar-refractivity contribution >= 4 is 0 Å². The summed E-state index contributed by atoms with van der Waals surface area (Å²) in [5, 5.41) is 0. The van der Waals surface area contributed by atoms with E-state index in [1.165, 1.54) is 32.1 Å². The first-order chi connectivity index (χ1) is 7.35. The van der Waals surface area contributed by atoms with Crippen molar-refractivity contribution in [2.75, 3.05) is 19.8 Å². The van der Waals surface area contributed by atoms with Gasteiger partial charge in [0.15, 0.2) is 0 Å². The zero-order valence-corrected chi connectivity index (χ0v) is 10.8. The molecule has 0 fully saturated rings. The van der Waals surface area contributed by atoms with Gasteiger partial charge < -0.3 is 9.47 Å². The number of ether oxygens (including phenoxy) is 2. The highest BCUT2D eigenvalue weighted by molar-refractivity contribution is 4.57. The molecule has 0 saturated heterocycles. The third-order valence-corrected chi connectivity index (χ3v) is 2.44. The van der Waals surface area contributed by atoms with E-state index in [0.29, 0.717) is 6.10 Å². The number of unbranched alkanes of at least 4 members (excludes halogenated alkanes) is 1. The van der Waals surface area contributed by atoms with E-state index in [9.17, 15) is 0 Å². The molecule has 1 atom stereocenters. The highest BCUT2D eigenvalue weighted by Gasteiger charge is 2.06. The highest BCUT2D eigenvalue weighted by Crippen LogP contribution is 2.11. The molecule has 15 heavy (non-hydrogen) atoms. The van der Waals surface area contributed by atoms with Crippen LogP contribution in [0.2, 0.25) is 0 Å². The molecule has 1 unspecified atom stereocenters. The van der Waals surface area contributed by atoms with Gasteiger partial charge in [-0.3, -0.25) is 0 Å². The Morgan fingerprint density at radius 2 is 1.67 bits per heavy atom. The van der Waals surface area contributed by atoms with Crippen LogP contribution in [0.5, 0.6) is 0 Å². The Balaban J connectivity index is 3.38. The molecule has 0 aromatic carbocycles. The van der Waals surface area contributed by atoms with Crippen LogP contribution in [0.4, 0.5) is 0 Å².